The van der Waals surface area contributed by atoms with Gasteiger partial charge in [0.15, 0.2) is 0 Å². The summed E-state index contributed by atoms with van der Waals surface area (Å²) < 4.78 is 9.48. The molecular formula is C26H35N5O4S. The van der Waals surface area contributed by atoms with E-state index in [2.05, 4.69) is 20.2 Å². The summed E-state index contributed by atoms with van der Waals surface area (Å²) in [5, 5.41) is 10.5. The summed E-state index contributed by atoms with van der Waals surface area (Å²) >= 11 is 1.11. The van der Waals surface area contributed by atoms with Crippen molar-refractivity contribution >= 4 is 34.4 Å². The zero-order valence-electron chi connectivity index (χ0n) is 21.2. The van der Waals surface area contributed by atoms with Gasteiger partial charge in [-0.3, -0.25) is 9.59 Å². The number of aromatic nitrogens is 2. The van der Waals surface area contributed by atoms with Gasteiger partial charge in [0.2, 0.25) is 11.8 Å². The van der Waals surface area contributed by atoms with Crippen LogP contribution in [0.5, 0.6) is 0 Å². The van der Waals surface area contributed by atoms with Gasteiger partial charge in [0, 0.05) is 23.6 Å². The lowest BCUT2D eigenvalue weighted by molar-refractivity contribution is -0.139. The summed E-state index contributed by atoms with van der Waals surface area (Å²) in [6.45, 7) is 5.86. The standard InChI is InChI=1S/C26H35N5O4S/c1-26(2,3)35-25(34)27-21(18-13-8-5-9-14-18)24(33)31-16-10-15-19(31)22(32)28-23-20(29-30-36-23)17-11-6-4-7-12-17/h4,6-7,11-12,18-19,21H,5,8-10,13-16H2,1-3H3,(H,27,34)(H,28,32)/t19-,21-/m0/s1. The maximum atomic E-state index is 13.8. The van der Waals surface area contributed by atoms with Crippen molar-refractivity contribution in [2.45, 2.75) is 83.4 Å². The van der Waals surface area contributed by atoms with Crippen molar-refractivity contribution in [2.75, 3.05) is 11.9 Å². The van der Waals surface area contributed by atoms with Gasteiger partial charge >= 0.3 is 6.09 Å². The monoisotopic (exact) mass is 513 g/mol. The first-order valence-corrected chi connectivity index (χ1v) is 13.5. The fourth-order valence-corrected chi connectivity index (χ4v) is 5.61. The second kappa shape index (κ2) is 11.4. The molecule has 2 N–H and O–H groups in total. The molecule has 194 valence electrons. The van der Waals surface area contributed by atoms with Crippen molar-refractivity contribution in [3.63, 3.8) is 0 Å². The Morgan fingerprint density at radius 1 is 1.06 bits per heavy atom. The second-order valence-corrected chi connectivity index (χ2v) is 11.3. The average molecular weight is 514 g/mol. The Bertz CT molecular complexity index is 1060. The summed E-state index contributed by atoms with van der Waals surface area (Å²) in [6.07, 6.45) is 5.59. The molecule has 2 fully saturated rings. The molecule has 0 bridgehead atoms. The highest BCUT2D eigenvalue weighted by Gasteiger charge is 2.41. The first kappa shape index (κ1) is 26.1. The minimum atomic E-state index is -0.710. The van der Waals surface area contributed by atoms with E-state index in [1.165, 1.54) is 0 Å². The topological polar surface area (TPSA) is 114 Å². The highest BCUT2D eigenvalue weighted by molar-refractivity contribution is 7.10. The number of nitrogens with zero attached hydrogens (tertiary/aromatic N) is 3. The van der Waals surface area contributed by atoms with Crippen molar-refractivity contribution in [3.05, 3.63) is 30.3 Å². The number of alkyl carbamates (subject to hydrolysis) is 1. The maximum absolute atomic E-state index is 13.8. The number of carbonyl (C=O) groups excluding carboxylic acids is 3. The zero-order chi connectivity index (χ0) is 25.7. The van der Waals surface area contributed by atoms with Crippen molar-refractivity contribution in [1.82, 2.24) is 19.8 Å². The van der Waals surface area contributed by atoms with Gasteiger partial charge in [0.1, 0.15) is 28.4 Å². The molecule has 1 saturated carbocycles. The van der Waals surface area contributed by atoms with E-state index in [0.29, 0.717) is 23.7 Å². The Morgan fingerprint density at radius 2 is 1.78 bits per heavy atom. The number of anilines is 1. The van der Waals surface area contributed by atoms with E-state index in [4.69, 9.17) is 4.74 Å². The Kier molecular flexibility index (Phi) is 8.23. The van der Waals surface area contributed by atoms with E-state index < -0.39 is 23.8 Å². The van der Waals surface area contributed by atoms with Crippen LogP contribution in [0.1, 0.15) is 65.7 Å². The molecule has 4 rings (SSSR count). The molecule has 0 unspecified atom stereocenters. The number of hydrogen-bond acceptors (Lipinski definition) is 7. The Balaban J connectivity index is 1.49. The van der Waals surface area contributed by atoms with Crippen LogP contribution in [-0.2, 0) is 14.3 Å². The molecule has 0 radical (unpaired) electrons. The third-order valence-corrected chi connectivity index (χ3v) is 7.31. The van der Waals surface area contributed by atoms with E-state index >= 15 is 0 Å². The molecule has 1 saturated heterocycles. The molecule has 2 aliphatic rings. The summed E-state index contributed by atoms with van der Waals surface area (Å²) in [7, 11) is 0. The van der Waals surface area contributed by atoms with E-state index in [-0.39, 0.29) is 17.7 Å². The fourth-order valence-electron chi connectivity index (χ4n) is 5.02. The van der Waals surface area contributed by atoms with Gasteiger partial charge < -0.3 is 20.3 Å². The summed E-state index contributed by atoms with van der Waals surface area (Å²) in [4.78, 5) is 41.4. The van der Waals surface area contributed by atoms with Crippen LogP contribution in [0.3, 0.4) is 0 Å². The van der Waals surface area contributed by atoms with E-state index in [0.717, 1.165) is 55.6 Å². The first-order chi connectivity index (χ1) is 17.2. The number of benzene rings is 1. The molecule has 3 amide bonds. The van der Waals surface area contributed by atoms with Crippen molar-refractivity contribution in [3.8, 4) is 11.3 Å². The predicted molar refractivity (Wildman–Crippen MR) is 138 cm³/mol. The van der Waals surface area contributed by atoms with E-state index in [9.17, 15) is 14.4 Å². The third-order valence-electron chi connectivity index (χ3n) is 6.67. The number of ether oxygens (including phenoxy) is 1. The molecule has 9 nitrogen and oxygen atoms in total. The summed E-state index contributed by atoms with van der Waals surface area (Å²) in [5.74, 6) is -0.446. The van der Waals surface area contributed by atoms with Gasteiger partial charge in [-0.15, -0.1) is 5.10 Å². The normalized spacial score (nSPS) is 19.5. The van der Waals surface area contributed by atoms with Crippen molar-refractivity contribution < 1.29 is 19.1 Å². The molecule has 2 atom stereocenters. The molecule has 36 heavy (non-hydrogen) atoms. The highest BCUT2D eigenvalue weighted by atomic mass is 32.1. The molecule has 0 spiro atoms. The van der Waals surface area contributed by atoms with Crippen LogP contribution >= 0.6 is 11.5 Å². The van der Waals surface area contributed by atoms with Crippen LogP contribution in [0.4, 0.5) is 9.80 Å². The van der Waals surface area contributed by atoms with Crippen LogP contribution in [0.25, 0.3) is 11.3 Å². The molecule has 1 aliphatic carbocycles. The largest absolute Gasteiger partial charge is 0.444 e. The SMILES string of the molecule is CC(C)(C)OC(=O)N[C@H](C(=O)N1CCC[C@H]1C(=O)Nc1snnc1-c1ccccc1)C1CCCCC1. The van der Waals surface area contributed by atoms with Gasteiger partial charge in [-0.05, 0) is 52.4 Å². The lowest BCUT2D eigenvalue weighted by atomic mass is 9.83. The molecule has 1 aliphatic heterocycles. The molecule has 1 aromatic carbocycles. The highest BCUT2D eigenvalue weighted by Crippen LogP contribution is 2.32. The lowest BCUT2D eigenvalue weighted by Crippen LogP contribution is -2.56. The van der Waals surface area contributed by atoms with Gasteiger partial charge in [-0.1, -0.05) is 54.1 Å². The van der Waals surface area contributed by atoms with Crippen LogP contribution in [0.15, 0.2) is 30.3 Å². The average Bonchev–Trinajstić information content (AvgIpc) is 3.52. The minimum absolute atomic E-state index is 0.0264. The van der Waals surface area contributed by atoms with Gasteiger partial charge in [-0.2, -0.15) is 0 Å². The maximum Gasteiger partial charge on any atom is 0.408 e. The molecular weight excluding hydrogens is 478 g/mol. The fraction of sp³-hybridized carbons (Fsp3) is 0.577. The van der Waals surface area contributed by atoms with Gasteiger partial charge in [-0.25, -0.2) is 4.79 Å². The van der Waals surface area contributed by atoms with Crippen LogP contribution < -0.4 is 10.6 Å². The number of amides is 3. The molecule has 10 heteroatoms. The smallest absolute Gasteiger partial charge is 0.408 e. The van der Waals surface area contributed by atoms with E-state index in [1.54, 1.807) is 25.7 Å². The lowest BCUT2D eigenvalue weighted by Gasteiger charge is -2.35. The Labute approximate surface area is 216 Å². The Morgan fingerprint density at radius 3 is 2.47 bits per heavy atom. The van der Waals surface area contributed by atoms with Gasteiger partial charge in [0.05, 0.1) is 0 Å². The van der Waals surface area contributed by atoms with Crippen LogP contribution in [0.2, 0.25) is 0 Å². The first-order valence-electron chi connectivity index (χ1n) is 12.7. The number of rotatable bonds is 6. The third kappa shape index (κ3) is 6.40. The number of likely N-dealkylation sites (tertiary alicyclic amines) is 1. The predicted octanol–water partition coefficient (Wildman–Crippen LogP) is 4.61. The minimum Gasteiger partial charge on any atom is -0.444 e. The van der Waals surface area contributed by atoms with Crippen LogP contribution in [0, 0.1) is 5.92 Å². The quantitative estimate of drug-likeness (QED) is 0.583. The van der Waals surface area contributed by atoms with Gasteiger partial charge in [0.25, 0.3) is 0 Å². The van der Waals surface area contributed by atoms with Crippen molar-refractivity contribution in [2.24, 2.45) is 5.92 Å². The summed E-state index contributed by atoms with van der Waals surface area (Å²) in [5.41, 5.74) is 0.802. The van der Waals surface area contributed by atoms with Crippen molar-refractivity contribution in [1.29, 1.82) is 0 Å². The number of nitrogens with one attached hydrogen (secondary N) is 2. The molecule has 2 aromatic rings. The van der Waals surface area contributed by atoms with Crippen LogP contribution in [-0.4, -0.2) is 56.6 Å². The Hall–Kier alpha value is -3.01. The number of carbonyl (C=O) groups is 3. The zero-order valence-corrected chi connectivity index (χ0v) is 22.0. The van der Waals surface area contributed by atoms with E-state index in [1.807, 2.05) is 30.3 Å². The molecule has 2 heterocycles. The summed E-state index contributed by atoms with van der Waals surface area (Å²) in [6, 6.07) is 8.22. The number of hydrogen-bond donors (Lipinski definition) is 2. The molecule has 1 aromatic heterocycles. The second-order valence-electron chi connectivity index (χ2n) is 10.5.